The van der Waals surface area contributed by atoms with Gasteiger partial charge in [-0.2, -0.15) is 0 Å². The molecule has 1 rings (SSSR count). The second kappa shape index (κ2) is 9.89. The zero-order valence-corrected chi connectivity index (χ0v) is 13.4. The minimum atomic E-state index is 0.186. The SMILES string of the molecule is CCCCN(CCCC)C(c1ccncc1)C(N)CC. The van der Waals surface area contributed by atoms with Crippen molar-refractivity contribution in [1.82, 2.24) is 9.88 Å². The zero-order valence-electron chi connectivity index (χ0n) is 13.4. The standard InChI is InChI=1S/C17H31N3/c1-4-7-13-20(14-8-5-2)17(16(18)6-3)15-9-11-19-12-10-15/h9-12,16-17H,4-8,13-14,18H2,1-3H3. The molecule has 1 aromatic rings. The first-order valence-electron chi connectivity index (χ1n) is 8.14. The molecule has 0 aliphatic rings. The van der Waals surface area contributed by atoms with Gasteiger partial charge in [-0.25, -0.2) is 0 Å². The van der Waals surface area contributed by atoms with Gasteiger partial charge >= 0.3 is 0 Å². The molecule has 0 aliphatic carbocycles. The number of hydrogen-bond donors (Lipinski definition) is 1. The summed E-state index contributed by atoms with van der Waals surface area (Å²) in [5.41, 5.74) is 7.74. The maximum Gasteiger partial charge on any atom is 0.0500 e. The number of aromatic nitrogens is 1. The Bertz CT molecular complexity index is 331. The summed E-state index contributed by atoms with van der Waals surface area (Å²) >= 11 is 0. The van der Waals surface area contributed by atoms with Gasteiger partial charge in [0.2, 0.25) is 0 Å². The highest BCUT2D eigenvalue weighted by atomic mass is 15.2. The van der Waals surface area contributed by atoms with E-state index in [0.29, 0.717) is 6.04 Å². The van der Waals surface area contributed by atoms with Gasteiger partial charge in [0.25, 0.3) is 0 Å². The van der Waals surface area contributed by atoms with Crippen molar-refractivity contribution in [3.8, 4) is 0 Å². The van der Waals surface area contributed by atoms with Crippen LogP contribution in [0.5, 0.6) is 0 Å². The topological polar surface area (TPSA) is 42.2 Å². The third-order valence-corrected chi connectivity index (χ3v) is 3.92. The van der Waals surface area contributed by atoms with Gasteiger partial charge < -0.3 is 5.73 Å². The maximum absolute atomic E-state index is 6.43. The molecule has 3 nitrogen and oxygen atoms in total. The summed E-state index contributed by atoms with van der Waals surface area (Å²) in [5.74, 6) is 0. The lowest BCUT2D eigenvalue weighted by molar-refractivity contribution is 0.164. The summed E-state index contributed by atoms with van der Waals surface area (Å²) in [4.78, 5) is 6.72. The number of hydrogen-bond acceptors (Lipinski definition) is 3. The van der Waals surface area contributed by atoms with Crippen LogP contribution in [-0.2, 0) is 0 Å². The van der Waals surface area contributed by atoms with Gasteiger partial charge in [0, 0.05) is 24.5 Å². The first-order valence-corrected chi connectivity index (χ1v) is 8.14. The lowest BCUT2D eigenvalue weighted by Gasteiger charge is -2.35. The molecular weight excluding hydrogens is 246 g/mol. The molecule has 20 heavy (non-hydrogen) atoms. The molecule has 0 amide bonds. The Morgan fingerprint density at radius 1 is 1.05 bits per heavy atom. The van der Waals surface area contributed by atoms with E-state index in [1.807, 2.05) is 12.4 Å². The first-order chi connectivity index (χ1) is 9.74. The quantitative estimate of drug-likeness (QED) is 0.708. The predicted octanol–water partition coefficient (Wildman–Crippen LogP) is 3.76. The van der Waals surface area contributed by atoms with Gasteiger partial charge in [-0.15, -0.1) is 0 Å². The molecule has 0 radical (unpaired) electrons. The maximum atomic E-state index is 6.43. The van der Waals surface area contributed by atoms with Crippen molar-refractivity contribution < 1.29 is 0 Å². The number of rotatable bonds is 10. The molecular formula is C17H31N3. The highest BCUT2D eigenvalue weighted by Gasteiger charge is 2.24. The van der Waals surface area contributed by atoms with Gasteiger partial charge in [-0.3, -0.25) is 9.88 Å². The second-order valence-electron chi connectivity index (χ2n) is 5.54. The summed E-state index contributed by atoms with van der Waals surface area (Å²) in [6, 6.07) is 4.74. The van der Waals surface area contributed by atoms with Crippen molar-refractivity contribution in [1.29, 1.82) is 0 Å². The summed E-state index contributed by atoms with van der Waals surface area (Å²) in [5, 5.41) is 0. The minimum absolute atomic E-state index is 0.186. The fourth-order valence-corrected chi connectivity index (χ4v) is 2.63. The molecule has 2 unspecified atom stereocenters. The molecule has 1 heterocycles. The van der Waals surface area contributed by atoms with E-state index in [2.05, 4.69) is 42.8 Å². The molecule has 3 heteroatoms. The van der Waals surface area contributed by atoms with E-state index < -0.39 is 0 Å². The Balaban J connectivity index is 2.91. The fraction of sp³-hybridized carbons (Fsp3) is 0.706. The van der Waals surface area contributed by atoms with E-state index in [1.54, 1.807) is 0 Å². The van der Waals surface area contributed by atoms with Crippen LogP contribution in [0.25, 0.3) is 0 Å². The summed E-state index contributed by atoms with van der Waals surface area (Å²) in [7, 11) is 0. The summed E-state index contributed by atoms with van der Waals surface area (Å²) < 4.78 is 0. The molecule has 0 saturated carbocycles. The number of nitrogens with two attached hydrogens (primary N) is 1. The van der Waals surface area contributed by atoms with Crippen LogP contribution in [-0.4, -0.2) is 29.0 Å². The lowest BCUT2D eigenvalue weighted by Crippen LogP contribution is -2.41. The van der Waals surface area contributed by atoms with Crippen molar-refractivity contribution in [3.05, 3.63) is 30.1 Å². The third kappa shape index (κ3) is 5.22. The van der Waals surface area contributed by atoms with E-state index in [0.717, 1.165) is 19.5 Å². The zero-order chi connectivity index (χ0) is 14.8. The van der Waals surface area contributed by atoms with Crippen LogP contribution in [0.3, 0.4) is 0 Å². The summed E-state index contributed by atoms with van der Waals surface area (Å²) in [6.07, 6.45) is 9.69. The van der Waals surface area contributed by atoms with Crippen LogP contribution >= 0.6 is 0 Å². The summed E-state index contributed by atoms with van der Waals surface area (Å²) in [6.45, 7) is 8.95. The van der Waals surface area contributed by atoms with Gasteiger partial charge in [0.1, 0.15) is 0 Å². The van der Waals surface area contributed by atoms with E-state index in [4.69, 9.17) is 5.73 Å². The van der Waals surface area contributed by atoms with Gasteiger partial charge in [-0.1, -0.05) is 33.6 Å². The Hall–Kier alpha value is -0.930. The van der Waals surface area contributed by atoms with Gasteiger partial charge in [0.05, 0.1) is 0 Å². The largest absolute Gasteiger partial charge is 0.326 e. The Morgan fingerprint density at radius 2 is 1.60 bits per heavy atom. The third-order valence-electron chi connectivity index (χ3n) is 3.92. The number of unbranched alkanes of at least 4 members (excludes halogenated alkanes) is 2. The molecule has 0 aliphatic heterocycles. The molecule has 114 valence electrons. The molecule has 0 saturated heterocycles. The van der Waals surface area contributed by atoms with Crippen LogP contribution in [0.1, 0.15) is 64.5 Å². The highest BCUT2D eigenvalue weighted by Crippen LogP contribution is 2.25. The van der Waals surface area contributed by atoms with E-state index >= 15 is 0 Å². The van der Waals surface area contributed by atoms with Crippen molar-refractivity contribution in [2.75, 3.05) is 13.1 Å². The average Bonchev–Trinajstić information content (AvgIpc) is 2.50. The Labute approximate surface area is 124 Å². The lowest BCUT2D eigenvalue weighted by atomic mass is 9.96. The Morgan fingerprint density at radius 3 is 2.05 bits per heavy atom. The Kier molecular flexibility index (Phi) is 8.47. The normalized spacial score (nSPS) is 14.4. The molecule has 0 fully saturated rings. The molecule has 0 bridgehead atoms. The van der Waals surface area contributed by atoms with E-state index in [-0.39, 0.29) is 6.04 Å². The predicted molar refractivity (Wildman–Crippen MR) is 86.6 cm³/mol. The van der Waals surface area contributed by atoms with Crippen LogP contribution in [0.4, 0.5) is 0 Å². The van der Waals surface area contributed by atoms with Crippen LogP contribution < -0.4 is 5.73 Å². The average molecular weight is 277 g/mol. The second-order valence-corrected chi connectivity index (χ2v) is 5.54. The van der Waals surface area contributed by atoms with Crippen LogP contribution in [0, 0.1) is 0 Å². The van der Waals surface area contributed by atoms with Crippen molar-refractivity contribution in [2.24, 2.45) is 5.73 Å². The molecule has 1 aromatic heterocycles. The fourth-order valence-electron chi connectivity index (χ4n) is 2.63. The molecule has 2 N–H and O–H groups in total. The highest BCUT2D eigenvalue weighted by molar-refractivity contribution is 5.17. The van der Waals surface area contributed by atoms with Gasteiger partial charge in [-0.05, 0) is 50.0 Å². The van der Waals surface area contributed by atoms with Crippen LogP contribution in [0.15, 0.2) is 24.5 Å². The number of pyridine rings is 1. The van der Waals surface area contributed by atoms with Gasteiger partial charge in [0.15, 0.2) is 0 Å². The minimum Gasteiger partial charge on any atom is -0.326 e. The molecule has 0 spiro atoms. The van der Waals surface area contributed by atoms with Crippen molar-refractivity contribution in [2.45, 2.75) is 65.0 Å². The van der Waals surface area contributed by atoms with Crippen molar-refractivity contribution >= 4 is 0 Å². The molecule has 0 aromatic carbocycles. The monoisotopic (exact) mass is 277 g/mol. The van der Waals surface area contributed by atoms with E-state index in [1.165, 1.54) is 31.2 Å². The first kappa shape index (κ1) is 17.1. The van der Waals surface area contributed by atoms with Crippen molar-refractivity contribution in [3.63, 3.8) is 0 Å². The van der Waals surface area contributed by atoms with Crippen LogP contribution in [0.2, 0.25) is 0 Å². The number of nitrogens with zero attached hydrogens (tertiary/aromatic N) is 2. The smallest absolute Gasteiger partial charge is 0.0500 e. The van der Waals surface area contributed by atoms with E-state index in [9.17, 15) is 0 Å². The molecule has 2 atom stereocenters.